The highest BCUT2D eigenvalue weighted by atomic mass is 35.5. The summed E-state index contributed by atoms with van der Waals surface area (Å²) >= 11 is 5.91. The smallest absolute Gasteiger partial charge is 0.262 e. The first-order valence-electron chi connectivity index (χ1n) is 5.83. The van der Waals surface area contributed by atoms with Crippen molar-refractivity contribution < 1.29 is 8.42 Å². The minimum Gasteiger partial charge on any atom is -0.316 e. The van der Waals surface area contributed by atoms with Gasteiger partial charge in [-0.1, -0.05) is 11.6 Å². The number of likely N-dealkylation sites (N-methyl/N-ethyl adjacent to an activating group) is 1. The number of halogens is 1. The summed E-state index contributed by atoms with van der Waals surface area (Å²) in [7, 11) is -1.74. The number of hydrogen-bond donors (Lipinski definition) is 1. The molecule has 0 spiro atoms. The molecule has 1 aliphatic rings. The van der Waals surface area contributed by atoms with Gasteiger partial charge in [-0.05, 0) is 32.0 Å². The van der Waals surface area contributed by atoms with Crippen molar-refractivity contribution in [2.24, 2.45) is 0 Å². The van der Waals surface area contributed by atoms with Crippen molar-refractivity contribution in [2.75, 3.05) is 20.1 Å². The van der Waals surface area contributed by atoms with Crippen molar-refractivity contribution in [1.29, 1.82) is 0 Å². The minimum atomic E-state index is -3.59. The van der Waals surface area contributed by atoms with E-state index in [0.717, 1.165) is 12.8 Å². The lowest BCUT2D eigenvalue weighted by Crippen LogP contribution is -2.47. The molecule has 0 radical (unpaired) electrons. The molecular formula is C11H16ClN3O2S. The molecule has 1 saturated heterocycles. The Bertz CT molecular complexity index is 521. The van der Waals surface area contributed by atoms with Gasteiger partial charge in [-0.2, -0.15) is 4.31 Å². The molecule has 2 heterocycles. The fraction of sp³-hybridized carbons (Fsp3) is 0.545. The van der Waals surface area contributed by atoms with E-state index in [9.17, 15) is 8.42 Å². The maximum Gasteiger partial charge on any atom is 0.262 e. The van der Waals surface area contributed by atoms with Crippen molar-refractivity contribution in [2.45, 2.75) is 23.9 Å². The van der Waals surface area contributed by atoms with Crippen molar-refractivity contribution >= 4 is 21.6 Å². The van der Waals surface area contributed by atoms with Crippen LogP contribution in [0.25, 0.3) is 0 Å². The fourth-order valence-corrected chi connectivity index (χ4v) is 3.99. The number of aromatic nitrogens is 1. The third-order valence-corrected chi connectivity index (χ3v) is 5.34. The molecule has 1 atom stereocenters. The summed E-state index contributed by atoms with van der Waals surface area (Å²) < 4.78 is 26.3. The molecule has 2 rings (SSSR count). The zero-order valence-corrected chi connectivity index (χ0v) is 11.7. The van der Waals surface area contributed by atoms with E-state index < -0.39 is 10.0 Å². The summed E-state index contributed by atoms with van der Waals surface area (Å²) in [5.41, 5.74) is 0. The molecular weight excluding hydrogens is 274 g/mol. The number of pyridine rings is 1. The van der Waals surface area contributed by atoms with Gasteiger partial charge in [0.25, 0.3) is 10.0 Å². The predicted molar refractivity (Wildman–Crippen MR) is 70.1 cm³/mol. The maximum absolute atomic E-state index is 12.4. The van der Waals surface area contributed by atoms with Crippen molar-refractivity contribution in [3.63, 3.8) is 0 Å². The van der Waals surface area contributed by atoms with Crippen LogP contribution < -0.4 is 5.32 Å². The molecule has 1 aromatic heterocycles. The molecule has 18 heavy (non-hydrogen) atoms. The first-order valence-corrected chi connectivity index (χ1v) is 7.65. The van der Waals surface area contributed by atoms with Gasteiger partial charge in [0.15, 0.2) is 5.03 Å². The average Bonchev–Trinajstić information content (AvgIpc) is 2.39. The first-order chi connectivity index (χ1) is 8.55. The fourth-order valence-electron chi connectivity index (χ4n) is 2.08. The quantitative estimate of drug-likeness (QED) is 0.905. The molecule has 7 heteroatoms. The zero-order valence-electron chi connectivity index (χ0n) is 10.1. The predicted octanol–water partition coefficient (Wildman–Crippen LogP) is 1.11. The second-order valence-electron chi connectivity index (χ2n) is 4.28. The Hall–Kier alpha value is -0.690. The van der Waals surface area contributed by atoms with Crippen LogP contribution in [-0.2, 0) is 10.0 Å². The van der Waals surface area contributed by atoms with Gasteiger partial charge >= 0.3 is 0 Å². The summed E-state index contributed by atoms with van der Waals surface area (Å²) in [6.45, 7) is 0.985. The van der Waals surface area contributed by atoms with Crippen molar-refractivity contribution in [3.05, 3.63) is 23.4 Å². The van der Waals surface area contributed by atoms with Crippen LogP contribution in [0.4, 0.5) is 0 Å². The molecule has 0 aromatic carbocycles. The number of hydrogen-bond acceptors (Lipinski definition) is 4. The SMILES string of the molecule is CNC1CCCN(S(=O)(=O)c2ncccc2Cl)C1. The summed E-state index contributed by atoms with van der Waals surface area (Å²) in [4.78, 5) is 3.89. The molecule has 5 nitrogen and oxygen atoms in total. The number of piperidine rings is 1. The Morgan fingerprint density at radius 2 is 2.33 bits per heavy atom. The molecule has 1 aromatic rings. The van der Waals surface area contributed by atoms with E-state index in [2.05, 4.69) is 10.3 Å². The van der Waals surface area contributed by atoms with Gasteiger partial charge in [-0.3, -0.25) is 0 Å². The van der Waals surface area contributed by atoms with Crippen LogP contribution >= 0.6 is 11.6 Å². The highest BCUT2D eigenvalue weighted by Crippen LogP contribution is 2.24. The monoisotopic (exact) mass is 289 g/mol. The van der Waals surface area contributed by atoms with E-state index in [4.69, 9.17) is 11.6 Å². The van der Waals surface area contributed by atoms with Crippen molar-refractivity contribution in [3.8, 4) is 0 Å². The molecule has 1 fully saturated rings. The van der Waals surface area contributed by atoms with Gasteiger partial charge in [-0.25, -0.2) is 13.4 Å². The largest absolute Gasteiger partial charge is 0.316 e. The third-order valence-electron chi connectivity index (χ3n) is 3.10. The zero-order chi connectivity index (χ0) is 13.2. The lowest BCUT2D eigenvalue weighted by atomic mass is 10.1. The Balaban J connectivity index is 2.29. The van der Waals surface area contributed by atoms with Gasteiger partial charge in [0.2, 0.25) is 0 Å². The summed E-state index contributed by atoms with van der Waals surface area (Å²) in [6.07, 6.45) is 3.27. The van der Waals surface area contributed by atoms with E-state index in [0.29, 0.717) is 13.1 Å². The highest BCUT2D eigenvalue weighted by Gasteiger charge is 2.31. The lowest BCUT2D eigenvalue weighted by Gasteiger charge is -2.31. The van der Waals surface area contributed by atoms with E-state index in [1.807, 2.05) is 7.05 Å². The van der Waals surface area contributed by atoms with E-state index in [-0.39, 0.29) is 16.1 Å². The summed E-state index contributed by atoms with van der Waals surface area (Å²) in [5, 5.41) is 3.23. The summed E-state index contributed by atoms with van der Waals surface area (Å²) in [6, 6.07) is 3.35. The molecule has 1 aliphatic heterocycles. The van der Waals surface area contributed by atoms with Gasteiger partial charge in [0.1, 0.15) is 0 Å². The van der Waals surface area contributed by atoms with Crippen LogP contribution in [0.1, 0.15) is 12.8 Å². The topological polar surface area (TPSA) is 62.3 Å². The first kappa shape index (κ1) is 13.7. The Morgan fingerprint density at radius 1 is 1.56 bits per heavy atom. The second-order valence-corrected chi connectivity index (χ2v) is 6.54. The normalized spacial score (nSPS) is 22.0. The van der Waals surface area contributed by atoms with E-state index in [1.165, 1.54) is 10.5 Å². The summed E-state index contributed by atoms with van der Waals surface area (Å²) in [5.74, 6) is 0. The minimum absolute atomic E-state index is 0.0524. The van der Waals surface area contributed by atoms with Gasteiger partial charge < -0.3 is 5.32 Å². The maximum atomic E-state index is 12.4. The van der Waals surface area contributed by atoms with Crippen LogP contribution in [0.5, 0.6) is 0 Å². The van der Waals surface area contributed by atoms with Gasteiger partial charge in [-0.15, -0.1) is 0 Å². The Labute approximate surface area is 112 Å². The van der Waals surface area contributed by atoms with Crippen LogP contribution in [-0.4, -0.2) is 43.9 Å². The molecule has 1 N–H and O–H groups in total. The number of rotatable bonds is 3. The van der Waals surface area contributed by atoms with Gasteiger partial charge in [0, 0.05) is 25.3 Å². The molecule has 1 unspecified atom stereocenters. The number of sulfonamides is 1. The van der Waals surface area contributed by atoms with Gasteiger partial charge in [0.05, 0.1) is 5.02 Å². The number of nitrogens with one attached hydrogen (secondary N) is 1. The van der Waals surface area contributed by atoms with E-state index >= 15 is 0 Å². The van der Waals surface area contributed by atoms with Crippen LogP contribution in [0.15, 0.2) is 23.4 Å². The van der Waals surface area contributed by atoms with Crippen molar-refractivity contribution in [1.82, 2.24) is 14.6 Å². The average molecular weight is 290 g/mol. The standard InChI is InChI=1S/C11H16ClN3O2S/c1-13-9-4-3-7-15(8-9)18(16,17)11-10(12)5-2-6-14-11/h2,5-6,9,13H,3-4,7-8H2,1H3. The highest BCUT2D eigenvalue weighted by molar-refractivity contribution is 7.89. The Kier molecular flexibility index (Phi) is 4.21. The third kappa shape index (κ3) is 2.66. The molecule has 100 valence electrons. The molecule has 0 saturated carbocycles. The molecule has 0 aliphatic carbocycles. The van der Waals surface area contributed by atoms with Crippen LogP contribution in [0.3, 0.4) is 0 Å². The van der Waals surface area contributed by atoms with E-state index in [1.54, 1.807) is 12.1 Å². The lowest BCUT2D eigenvalue weighted by molar-refractivity contribution is 0.292. The Morgan fingerprint density at radius 3 is 3.00 bits per heavy atom. The van der Waals surface area contributed by atoms with Crippen LogP contribution in [0, 0.1) is 0 Å². The van der Waals surface area contributed by atoms with Crippen LogP contribution in [0.2, 0.25) is 5.02 Å². The molecule has 0 bridgehead atoms. The number of nitrogens with zero attached hydrogens (tertiary/aromatic N) is 2. The second kappa shape index (κ2) is 5.52. The molecule has 0 amide bonds.